The summed E-state index contributed by atoms with van der Waals surface area (Å²) < 4.78 is 27.2. The molecule has 1 aromatic carbocycles. The van der Waals surface area contributed by atoms with Gasteiger partial charge in [0.05, 0.1) is 11.4 Å². The predicted molar refractivity (Wildman–Crippen MR) is 113 cm³/mol. The Balaban J connectivity index is 1.55. The molecule has 0 bridgehead atoms. The van der Waals surface area contributed by atoms with Gasteiger partial charge < -0.3 is 10.6 Å². The fourth-order valence-electron chi connectivity index (χ4n) is 3.34. The molecule has 2 heterocycles. The Morgan fingerprint density at radius 3 is 2.41 bits per heavy atom. The third-order valence-corrected chi connectivity index (χ3v) is 7.01. The summed E-state index contributed by atoms with van der Waals surface area (Å²) in [6.45, 7) is 3.25. The van der Waals surface area contributed by atoms with Gasteiger partial charge in [0.15, 0.2) is 0 Å². The van der Waals surface area contributed by atoms with Crippen molar-refractivity contribution in [2.24, 2.45) is 0 Å². The van der Waals surface area contributed by atoms with E-state index in [1.54, 1.807) is 41.0 Å². The summed E-state index contributed by atoms with van der Waals surface area (Å²) in [5.41, 5.74) is 1.57. The molecule has 8 heteroatoms. The Morgan fingerprint density at radius 1 is 1.10 bits per heavy atom. The molecule has 156 valence electrons. The molecule has 1 amide bonds. The molecule has 0 saturated carbocycles. The third kappa shape index (κ3) is 5.85. The van der Waals surface area contributed by atoms with Crippen molar-refractivity contribution in [1.29, 1.82) is 0 Å². The molecule has 0 aliphatic carbocycles. The molecule has 3 rings (SSSR count). The molecular weight excluding hydrogens is 388 g/mol. The van der Waals surface area contributed by atoms with Crippen molar-refractivity contribution in [3.8, 4) is 0 Å². The Labute approximate surface area is 172 Å². The first-order chi connectivity index (χ1) is 14.0. The van der Waals surface area contributed by atoms with Crippen LogP contribution in [-0.2, 0) is 14.8 Å². The fraction of sp³-hybridized carbons (Fsp3) is 0.429. The smallest absolute Gasteiger partial charge is 0.243 e. The molecule has 1 aliphatic rings. The van der Waals surface area contributed by atoms with Gasteiger partial charge in [-0.1, -0.05) is 18.9 Å². The second kappa shape index (κ2) is 9.96. The summed E-state index contributed by atoms with van der Waals surface area (Å²) in [7, 11) is -3.48. The normalized spacial score (nSPS) is 16.7. The minimum absolute atomic E-state index is 0.00408. The second-order valence-electron chi connectivity index (χ2n) is 7.28. The van der Waals surface area contributed by atoms with Crippen molar-refractivity contribution >= 4 is 21.6 Å². The second-order valence-corrected chi connectivity index (χ2v) is 9.22. The fourth-order valence-corrected chi connectivity index (χ4v) is 4.86. The summed E-state index contributed by atoms with van der Waals surface area (Å²) in [4.78, 5) is 16.5. The zero-order valence-corrected chi connectivity index (χ0v) is 17.5. The topological polar surface area (TPSA) is 91.4 Å². The van der Waals surface area contributed by atoms with Crippen LogP contribution in [0.4, 0.5) is 5.69 Å². The van der Waals surface area contributed by atoms with Crippen LogP contribution in [0.2, 0.25) is 0 Å². The van der Waals surface area contributed by atoms with Crippen molar-refractivity contribution in [3.63, 3.8) is 0 Å². The first kappa shape index (κ1) is 21.4. The number of carbonyl (C=O) groups is 1. The Morgan fingerprint density at radius 2 is 1.79 bits per heavy atom. The molecule has 7 nitrogen and oxygen atoms in total. The summed E-state index contributed by atoms with van der Waals surface area (Å²) >= 11 is 0. The van der Waals surface area contributed by atoms with E-state index < -0.39 is 10.0 Å². The van der Waals surface area contributed by atoms with Crippen LogP contribution in [0, 0.1) is 0 Å². The monoisotopic (exact) mass is 416 g/mol. The van der Waals surface area contributed by atoms with E-state index >= 15 is 0 Å². The molecule has 1 aliphatic heterocycles. The van der Waals surface area contributed by atoms with Gasteiger partial charge in [-0.2, -0.15) is 4.31 Å². The van der Waals surface area contributed by atoms with Crippen LogP contribution >= 0.6 is 0 Å². The van der Waals surface area contributed by atoms with Crippen LogP contribution in [0.5, 0.6) is 0 Å². The number of aromatic nitrogens is 1. The highest BCUT2D eigenvalue weighted by Gasteiger charge is 2.25. The zero-order chi connectivity index (χ0) is 20.7. The standard InChI is InChI=1S/C21H28N4O3S/c1-17(18-7-6-12-22-15-18)23-16-21(26)24-19-8-10-20(11-9-19)29(27,28)25-13-4-2-3-5-14-25/h6-12,15,17,23H,2-5,13-14,16H2,1H3,(H,24,26). The number of sulfonamides is 1. The van der Waals surface area contributed by atoms with Gasteiger partial charge in [-0.25, -0.2) is 8.42 Å². The lowest BCUT2D eigenvalue weighted by Crippen LogP contribution is -2.32. The molecule has 2 aromatic rings. The molecule has 1 atom stereocenters. The van der Waals surface area contributed by atoms with Gasteiger partial charge >= 0.3 is 0 Å². The van der Waals surface area contributed by atoms with Gasteiger partial charge in [0.1, 0.15) is 0 Å². The number of nitrogens with zero attached hydrogens (tertiary/aromatic N) is 2. The Bertz CT molecular complexity index is 893. The van der Waals surface area contributed by atoms with E-state index in [4.69, 9.17) is 0 Å². The van der Waals surface area contributed by atoms with Gasteiger partial charge in [-0.15, -0.1) is 0 Å². The predicted octanol–water partition coefficient (Wildman–Crippen LogP) is 2.94. The number of rotatable bonds is 7. The molecule has 0 radical (unpaired) electrons. The number of anilines is 1. The maximum Gasteiger partial charge on any atom is 0.243 e. The molecule has 1 unspecified atom stereocenters. The number of benzene rings is 1. The lowest BCUT2D eigenvalue weighted by atomic mass is 10.1. The van der Waals surface area contributed by atoms with Crippen LogP contribution in [0.3, 0.4) is 0 Å². The van der Waals surface area contributed by atoms with E-state index in [1.807, 2.05) is 19.1 Å². The van der Waals surface area contributed by atoms with E-state index in [-0.39, 0.29) is 23.4 Å². The van der Waals surface area contributed by atoms with Crippen molar-refractivity contribution in [2.45, 2.75) is 43.5 Å². The lowest BCUT2D eigenvalue weighted by Gasteiger charge is -2.20. The summed E-state index contributed by atoms with van der Waals surface area (Å²) in [6, 6.07) is 10.2. The highest BCUT2D eigenvalue weighted by molar-refractivity contribution is 7.89. The minimum atomic E-state index is -3.48. The van der Waals surface area contributed by atoms with E-state index in [0.717, 1.165) is 31.2 Å². The van der Waals surface area contributed by atoms with E-state index in [0.29, 0.717) is 18.8 Å². The molecule has 0 spiro atoms. The largest absolute Gasteiger partial charge is 0.325 e. The first-order valence-electron chi connectivity index (χ1n) is 10.0. The Hall–Kier alpha value is -2.29. The first-order valence-corrected chi connectivity index (χ1v) is 11.4. The number of hydrogen-bond donors (Lipinski definition) is 2. The number of amides is 1. The Kier molecular flexibility index (Phi) is 7.35. The van der Waals surface area contributed by atoms with E-state index in [2.05, 4.69) is 15.6 Å². The highest BCUT2D eigenvalue weighted by Crippen LogP contribution is 2.21. The molecule has 1 fully saturated rings. The van der Waals surface area contributed by atoms with Crippen LogP contribution in [0.1, 0.15) is 44.2 Å². The van der Waals surface area contributed by atoms with E-state index in [9.17, 15) is 13.2 Å². The van der Waals surface area contributed by atoms with Gasteiger partial charge in [0.2, 0.25) is 15.9 Å². The summed E-state index contributed by atoms with van der Waals surface area (Å²) in [6.07, 6.45) is 7.42. The zero-order valence-electron chi connectivity index (χ0n) is 16.7. The van der Waals surface area contributed by atoms with Crippen molar-refractivity contribution in [3.05, 3.63) is 54.4 Å². The van der Waals surface area contributed by atoms with Gasteiger partial charge in [0, 0.05) is 37.2 Å². The molecule has 2 N–H and O–H groups in total. The molecular formula is C21H28N4O3S. The molecule has 1 aromatic heterocycles. The number of pyridine rings is 1. The average molecular weight is 417 g/mol. The van der Waals surface area contributed by atoms with Gasteiger partial charge in [-0.3, -0.25) is 9.78 Å². The van der Waals surface area contributed by atoms with Crippen LogP contribution in [0.15, 0.2) is 53.7 Å². The third-order valence-electron chi connectivity index (χ3n) is 5.09. The van der Waals surface area contributed by atoms with E-state index in [1.165, 1.54) is 0 Å². The number of nitrogens with one attached hydrogen (secondary N) is 2. The SMILES string of the molecule is CC(NCC(=O)Nc1ccc(S(=O)(=O)N2CCCCCC2)cc1)c1cccnc1. The van der Waals surface area contributed by atoms with Crippen molar-refractivity contribution in [2.75, 3.05) is 25.0 Å². The average Bonchev–Trinajstić information content (AvgIpc) is 3.03. The maximum atomic E-state index is 12.8. The summed E-state index contributed by atoms with van der Waals surface area (Å²) in [5.74, 6) is -0.191. The molecule has 29 heavy (non-hydrogen) atoms. The van der Waals surface area contributed by atoms with Crippen LogP contribution < -0.4 is 10.6 Å². The van der Waals surface area contributed by atoms with Gasteiger partial charge in [0.25, 0.3) is 0 Å². The maximum absolute atomic E-state index is 12.8. The lowest BCUT2D eigenvalue weighted by molar-refractivity contribution is -0.115. The minimum Gasteiger partial charge on any atom is -0.325 e. The van der Waals surface area contributed by atoms with Crippen LogP contribution in [0.25, 0.3) is 0 Å². The van der Waals surface area contributed by atoms with Crippen LogP contribution in [-0.4, -0.2) is 43.2 Å². The summed E-state index contributed by atoms with van der Waals surface area (Å²) in [5, 5.41) is 5.94. The highest BCUT2D eigenvalue weighted by atomic mass is 32.2. The molecule has 1 saturated heterocycles. The van der Waals surface area contributed by atoms with Crippen molar-refractivity contribution in [1.82, 2.24) is 14.6 Å². The van der Waals surface area contributed by atoms with Gasteiger partial charge in [-0.05, 0) is 55.7 Å². The number of hydrogen-bond acceptors (Lipinski definition) is 5. The number of carbonyl (C=O) groups excluding carboxylic acids is 1. The van der Waals surface area contributed by atoms with Crippen molar-refractivity contribution < 1.29 is 13.2 Å². The quantitative estimate of drug-likeness (QED) is 0.724.